The fourth-order valence-electron chi connectivity index (χ4n) is 5.35. The molecule has 4 fully saturated rings. The van der Waals surface area contributed by atoms with Gasteiger partial charge in [0.05, 0.1) is 0 Å². The van der Waals surface area contributed by atoms with E-state index in [9.17, 15) is 0 Å². The maximum atomic E-state index is 2.45. The number of aryl methyl sites for hydroxylation is 1. The van der Waals surface area contributed by atoms with E-state index in [2.05, 4.69) is 31.2 Å². The van der Waals surface area contributed by atoms with Gasteiger partial charge in [-0.05, 0) is 74.2 Å². The Morgan fingerprint density at radius 3 is 2.12 bits per heavy atom. The molecular weight excluding hydrogens is 204 g/mol. The summed E-state index contributed by atoms with van der Waals surface area (Å²) < 4.78 is 0. The van der Waals surface area contributed by atoms with E-state index in [-0.39, 0.29) is 0 Å². The van der Waals surface area contributed by atoms with Gasteiger partial charge in [-0.25, -0.2) is 0 Å². The van der Waals surface area contributed by atoms with E-state index >= 15 is 0 Å². The van der Waals surface area contributed by atoms with Crippen LogP contribution in [0.15, 0.2) is 24.3 Å². The first-order chi connectivity index (χ1) is 8.29. The molecule has 0 atom stereocenters. The van der Waals surface area contributed by atoms with Gasteiger partial charge in [0.15, 0.2) is 0 Å². The van der Waals surface area contributed by atoms with Crippen LogP contribution in [0.3, 0.4) is 0 Å². The molecule has 0 radical (unpaired) electrons. The van der Waals surface area contributed by atoms with Gasteiger partial charge in [-0.2, -0.15) is 0 Å². The van der Waals surface area contributed by atoms with Crippen molar-refractivity contribution in [2.24, 2.45) is 23.7 Å². The van der Waals surface area contributed by atoms with E-state index < -0.39 is 0 Å². The zero-order valence-corrected chi connectivity index (χ0v) is 10.7. The molecule has 0 heterocycles. The average Bonchev–Trinajstić information content (AvgIpc) is 2.27. The predicted molar refractivity (Wildman–Crippen MR) is 71.0 cm³/mol. The molecule has 5 rings (SSSR count). The number of benzene rings is 1. The summed E-state index contributed by atoms with van der Waals surface area (Å²) in [5, 5.41) is 0. The van der Waals surface area contributed by atoms with Crippen molar-refractivity contribution in [1.29, 1.82) is 0 Å². The molecule has 1 aromatic carbocycles. The van der Waals surface area contributed by atoms with Crippen LogP contribution in [0.1, 0.15) is 49.1 Å². The maximum absolute atomic E-state index is 2.45. The molecule has 4 aliphatic rings. The fraction of sp³-hybridized carbons (Fsp3) is 0.647. The van der Waals surface area contributed by atoms with Crippen molar-refractivity contribution >= 4 is 0 Å². The van der Waals surface area contributed by atoms with Crippen LogP contribution in [0.4, 0.5) is 0 Å². The van der Waals surface area contributed by atoms with E-state index in [1.165, 1.54) is 31.2 Å². The topological polar surface area (TPSA) is 0 Å². The molecule has 1 aromatic rings. The molecule has 0 amide bonds. The molecule has 4 saturated carbocycles. The summed E-state index contributed by atoms with van der Waals surface area (Å²) in [6.45, 7) is 2.24. The zero-order valence-electron chi connectivity index (χ0n) is 10.7. The highest BCUT2D eigenvalue weighted by Crippen LogP contribution is 2.59. The largest absolute Gasteiger partial charge is 0.0617 e. The molecule has 4 bridgehead atoms. The van der Waals surface area contributed by atoms with Gasteiger partial charge in [-0.1, -0.05) is 29.8 Å². The first-order valence-electron chi connectivity index (χ1n) is 7.36. The molecule has 90 valence electrons. The SMILES string of the molecule is Cc1cccc(C2C3CC4CC(C3)CC2C4)c1. The van der Waals surface area contributed by atoms with Gasteiger partial charge >= 0.3 is 0 Å². The highest BCUT2D eigenvalue weighted by atomic mass is 14.5. The van der Waals surface area contributed by atoms with Gasteiger partial charge in [0.1, 0.15) is 0 Å². The van der Waals surface area contributed by atoms with E-state index in [4.69, 9.17) is 0 Å². The molecule has 4 aliphatic carbocycles. The minimum absolute atomic E-state index is 0.905. The van der Waals surface area contributed by atoms with Crippen LogP contribution >= 0.6 is 0 Å². The monoisotopic (exact) mass is 226 g/mol. The van der Waals surface area contributed by atoms with Crippen LogP contribution in [0.25, 0.3) is 0 Å². The summed E-state index contributed by atoms with van der Waals surface area (Å²) in [6, 6.07) is 9.34. The summed E-state index contributed by atoms with van der Waals surface area (Å²) in [5.41, 5.74) is 3.09. The van der Waals surface area contributed by atoms with Crippen molar-refractivity contribution in [3.05, 3.63) is 35.4 Å². The minimum Gasteiger partial charge on any atom is -0.0617 e. The van der Waals surface area contributed by atoms with Gasteiger partial charge < -0.3 is 0 Å². The molecule has 0 aromatic heterocycles. The Morgan fingerprint density at radius 2 is 1.53 bits per heavy atom. The minimum atomic E-state index is 0.905. The lowest BCUT2D eigenvalue weighted by Crippen LogP contribution is -2.43. The van der Waals surface area contributed by atoms with Crippen molar-refractivity contribution in [3.63, 3.8) is 0 Å². The van der Waals surface area contributed by atoms with Crippen molar-refractivity contribution in [2.45, 2.75) is 44.9 Å². The molecular formula is C17H22. The van der Waals surface area contributed by atoms with Gasteiger partial charge in [0, 0.05) is 0 Å². The van der Waals surface area contributed by atoms with Gasteiger partial charge in [0.25, 0.3) is 0 Å². The second-order valence-corrected chi connectivity index (χ2v) is 6.87. The van der Waals surface area contributed by atoms with Crippen LogP contribution in [-0.2, 0) is 0 Å². The predicted octanol–water partition coefficient (Wildman–Crippen LogP) is 4.53. The van der Waals surface area contributed by atoms with Crippen molar-refractivity contribution < 1.29 is 0 Å². The number of rotatable bonds is 1. The summed E-state index contributed by atoms with van der Waals surface area (Å²) in [5.74, 6) is 5.14. The molecule has 0 spiro atoms. The molecule has 0 N–H and O–H groups in total. The van der Waals surface area contributed by atoms with Crippen LogP contribution < -0.4 is 0 Å². The number of hydrogen-bond donors (Lipinski definition) is 0. The van der Waals surface area contributed by atoms with Crippen LogP contribution in [0, 0.1) is 30.6 Å². The van der Waals surface area contributed by atoms with Crippen molar-refractivity contribution in [1.82, 2.24) is 0 Å². The highest BCUT2D eigenvalue weighted by molar-refractivity contribution is 5.28. The first kappa shape index (κ1) is 10.2. The third kappa shape index (κ3) is 1.57. The Labute approximate surface area is 104 Å². The Morgan fingerprint density at radius 1 is 0.882 bits per heavy atom. The highest BCUT2D eigenvalue weighted by Gasteiger charge is 2.48. The Hall–Kier alpha value is -0.780. The van der Waals surface area contributed by atoms with Crippen molar-refractivity contribution in [2.75, 3.05) is 0 Å². The lowest BCUT2D eigenvalue weighted by atomic mass is 9.51. The van der Waals surface area contributed by atoms with Crippen LogP contribution in [0.5, 0.6) is 0 Å². The Kier molecular flexibility index (Phi) is 2.16. The molecule has 0 heteroatoms. The molecule has 17 heavy (non-hydrogen) atoms. The zero-order chi connectivity index (χ0) is 11.4. The smallest absolute Gasteiger partial charge is 0.0105 e. The van der Waals surface area contributed by atoms with Gasteiger partial charge in [-0.15, -0.1) is 0 Å². The fourth-order valence-corrected chi connectivity index (χ4v) is 5.35. The van der Waals surface area contributed by atoms with Gasteiger partial charge in [-0.3, -0.25) is 0 Å². The van der Waals surface area contributed by atoms with Crippen LogP contribution in [0.2, 0.25) is 0 Å². The summed E-state index contributed by atoms with van der Waals surface area (Å²) in [7, 11) is 0. The van der Waals surface area contributed by atoms with Crippen LogP contribution in [-0.4, -0.2) is 0 Å². The van der Waals surface area contributed by atoms with Gasteiger partial charge in [0.2, 0.25) is 0 Å². The third-order valence-electron chi connectivity index (χ3n) is 5.65. The maximum Gasteiger partial charge on any atom is -0.0105 e. The second kappa shape index (κ2) is 3.60. The van der Waals surface area contributed by atoms with Crippen molar-refractivity contribution in [3.8, 4) is 0 Å². The quantitative estimate of drug-likeness (QED) is 0.659. The normalized spacial score (nSPS) is 43.0. The third-order valence-corrected chi connectivity index (χ3v) is 5.65. The first-order valence-corrected chi connectivity index (χ1v) is 7.36. The number of hydrogen-bond acceptors (Lipinski definition) is 0. The molecule has 0 unspecified atom stereocenters. The Balaban J connectivity index is 1.70. The molecule has 0 saturated heterocycles. The summed E-state index contributed by atoms with van der Waals surface area (Å²) >= 11 is 0. The van der Waals surface area contributed by atoms with E-state index in [1.807, 2.05) is 0 Å². The second-order valence-electron chi connectivity index (χ2n) is 6.87. The molecule has 0 nitrogen and oxygen atoms in total. The standard InChI is InChI=1S/C17H22/c1-11-3-2-4-14(5-11)17-15-7-12-6-13(9-15)10-16(17)8-12/h2-5,12-13,15-17H,6-10H2,1H3. The molecule has 0 aliphatic heterocycles. The Bertz CT molecular complexity index is 403. The average molecular weight is 226 g/mol. The summed E-state index contributed by atoms with van der Waals surface area (Å²) in [6.07, 6.45) is 7.70. The lowest BCUT2D eigenvalue weighted by Gasteiger charge is -2.54. The lowest BCUT2D eigenvalue weighted by molar-refractivity contribution is -0.00279. The van der Waals surface area contributed by atoms with E-state index in [0.717, 1.165) is 29.6 Å². The van der Waals surface area contributed by atoms with E-state index in [1.54, 1.807) is 12.0 Å². The summed E-state index contributed by atoms with van der Waals surface area (Å²) in [4.78, 5) is 0. The van der Waals surface area contributed by atoms with E-state index in [0.29, 0.717) is 0 Å².